The summed E-state index contributed by atoms with van der Waals surface area (Å²) in [6.07, 6.45) is 1.14. The number of hydrogen-bond acceptors (Lipinski definition) is 5. The van der Waals surface area contributed by atoms with Crippen molar-refractivity contribution in [3.8, 4) is 0 Å². The molecule has 0 aliphatic carbocycles. The predicted octanol–water partition coefficient (Wildman–Crippen LogP) is -0.540. The van der Waals surface area contributed by atoms with Gasteiger partial charge in [-0.15, -0.1) is 5.10 Å². The van der Waals surface area contributed by atoms with Crippen LogP contribution in [0.2, 0.25) is 0 Å². The number of carbonyl (C=O) groups is 1. The third-order valence-electron chi connectivity index (χ3n) is 1.05. The van der Waals surface area contributed by atoms with E-state index in [1.165, 1.54) is 6.07 Å². The summed E-state index contributed by atoms with van der Waals surface area (Å²) in [5, 5.41) is 15.4. The molecule has 6 nitrogen and oxygen atoms in total. The molecule has 1 aromatic heterocycles. The number of nitrogens with zero attached hydrogens (tertiary/aromatic N) is 2. The van der Waals surface area contributed by atoms with E-state index in [9.17, 15) is 4.79 Å². The molecular formula is C5H6N4O2. The number of nitrogens with two attached hydrogens (primary N) is 1. The molecule has 0 saturated heterocycles. The van der Waals surface area contributed by atoms with Crippen molar-refractivity contribution in [1.82, 2.24) is 10.2 Å². The lowest BCUT2D eigenvalue weighted by molar-refractivity contribution is 0.0696. The van der Waals surface area contributed by atoms with Crippen LogP contribution in [0.15, 0.2) is 12.3 Å². The fraction of sp³-hybridized carbons (Fsp3) is 0. The van der Waals surface area contributed by atoms with Crippen LogP contribution in [0, 0.1) is 0 Å². The average Bonchev–Trinajstić information content (AvgIpc) is 2.05. The lowest BCUT2D eigenvalue weighted by Crippen LogP contribution is -2.10. The lowest BCUT2D eigenvalue weighted by Gasteiger charge is -1.96. The number of aromatic nitrogens is 2. The van der Waals surface area contributed by atoms with Gasteiger partial charge in [-0.3, -0.25) is 0 Å². The van der Waals surface area contributed by atoms with E-state index < -0.39 is 5.97 Å². The molecule has 6 heteroatoms. The first-order chi connectivity index (χ1) is 5.24. The van der Waals surface area contributed by atoms with Crippen LogP contribution < -0.4 is 11.3 Å². The summed E-state index contributed by atoms with van der Waals surface area (Å²) >= 11 is 0. The van der Waals surface area contributed by atoms with E-state index in [1.54, 1.807) is 0 Å². The number of rotatable bonds is 2. The number of carboxylic acid groups (broad SMARTS) is 1. The van der Waals surface area contributed by atoms with Crippen molar-refractivity contribution >= 4 is 11.8 Å². The molecule has 4 N–H and O–H groups in total. The van der Waals surface area contributed by atoms with Crippen molar-refractivity contribution in [1.29, 1.82) is 0 Å². The third kappa shape index (κ3) is 1.62. The van der Waals surface area contributed by atoms with Gasteiger partial charge in [-0.25, -0.2) is 10.6 Å². The molecule has 0 fully saturated rings. The molecule has 0 aliphatic heterocycles. The summed E-state index contributed by atoms with van der Waals surface area (Å²) in [6, 6.07) is 1.29. The molecule has 0 spiro atoms. The fourth-order valence-corrected chi connectivity index (χ4v) is 0.554. The smallest absolute Gasteiger partial charge is 0.337 e. The number of carboxylic acids is 1. The summed E-state index contributed by atoms with van der Waals surface area (Å²) in [5.41, 5.74) is 2.23. The molecule has 1 aromatic rings. The van der Waals surface area contributed by atoms with E-state index in [0.717, 1.165) is 6.20 Å². The van der Waals surface area contributed by atoms with Crippen LogP contribution in [0.1, 0.15) is 10.4 Å². The molecule has 11 heavy (non-hydrogen) atoms. The van der Waals surface area contributed by atoms with E-state index in [0.29, 0.717) is 0 Å². The molecule has 0 unspecified atom stereocenters. The first-order valence-corrected chi connectivity index (χ1v) is 2.76. The summed E-state index contributed by atoms with van der Waals surface area (Å²) in [6.45, 7) is 0. The van der Waals surface area contributed by atoms with Crippen LogP contribution >= 0.6 is 0 Å². The highest BCUT2D eigenvalue weighted by atomic mass is 16.4. The van der Waals surface area contributed by atoms with Crippen LogP contribution in [-0.4, -0.2) is 21.3 Å². The van der Waals surface area contributed by atoms with Gasteiger partial charge in [-0.2, -0.15) is 5.10 Å². The van der Waals surface area contributed by atoms with Gasteiger partial charge in [0.25, 0.3) is 0 Å². The van der Waals surface area contributed by atoms with Gasteiger partial charge in [0.1, 0.15) is 0 Å². The minimum Gasteiger partial charge on any atom is -0.478 e. The Balaban J connectivity index is 3.01. The van der Waals surface area contributed by atoms with Gasteiger partial charge in [0, 0.05) is 0 Å². The molecule has 0 saturated carbocycles. The highest BCUT2D eigenvalue weighted by molar-refractivity contribution is 5.87. The molecule has 58 valence electrons. The van der Waals surface area contributed by atoms with Gasteiger partial charge in [0.2, 0.25) is 0 Å². The van der Waals surface area contributed by atoms with Gasteiger partial charge in [-0.05, 0) is 6.07 Å². The van der Waals surface area contributed by atoms with Gasteiger partial charge in [0.15, 0.2) is 5.82 Å². The number of nitrogens with one attached hydrogen (secondary N) is 1. The Morgan fingerprint density at radius 2 is 2.45 bits per heavy atom. The minimum atomic E-state index is -1.06. The van der Waals surface area contributed by atoms with Gasteiger partial charge in [-0.1, -0.05) is 0 Å². The third-order valence-corrected chi connectivity index (χ3v) is 1.05. The van der Waals surface area contributed by atoms with Crippen molar-refractivity contribution in [3.05, 3.63) is 17.8 Å². The van der Waals surface area contributed by atoms with Gasteiger partial charge in [0.05, 0.1) is 11.8 Å². The highest BCUT2D eigenvalue weighted by Gasteiger charge is 2.03. The Kier molecular flexibility index (Phi) is 1.98. The minimum absolute atomic E-state index is 0.0490. The number of hydrazine groups is 1. The lowest BCUT2D eigenvalue weighted by atomic mass is 10.3. The van der Waals surface area contributed by atoms with Crippen molar-refractivity contribution in [2.75, 3.05) is 5.43 Å². The van der Waals surface area contributed by atoms with E-state index in [4.69, 9.17) is 10.9 Å². The van der Waals surface area contributed by atoms with Crippen molar-refractivity contribution in [2.24, 2.45) is 5.84 Å². The number of hydrogen-bond donors (Lipinski definition) is 3. The Morgan fingerprint density at radius 1 is 1.73 bits per heavy atom. The fourth-order valence-electron chi connectivity index (χ4n) is 0.554. The van der Waals surface area contributed by atoms with Crippen molar-refractivity contribution in [3.63, 3.8) is 0 Å². The number of aromatic carboxylic acids is 1. The quantitative estimate of drug-likeness (QED) is 0.390. The zero-order chi connectivity index (χ0) is 8.27. The van der Waals surface area contributed by atoms with E-state index in [2.05, 4.69) is 15.6 Å². The molecule has 0 aromatic carbocycles. The Morgan fingerprint density at radius 3 is 3.00 bits per heavy atom. The SMILES string of the molecule is NNc1cc(C(=O)O)cnn1. The normalized spacial score (nSPS) is 9.18. The van der Waals surface area contributed by atoms with Gasteiger partial charge >= 0.3 is 5.97 Å². The predicted molar refractivity (Wildman–Crippen MR) is 36.8 cm³/mol. The van der Waals surface area contributed by atoms with Crippen molar-refractivity contribution < 1.29 is 9.90 Å². The van der Waals surface area contributed by atoms with Crippen molar-refractivity contribution in [2.45, 2.75) is 0 Å². The van der Waals surface area contributed by atoms with Crippen LogP contribution in [0.3, 0.4) is 0 Å². The molecule has 1 rings (SSSR count). The molecule has 0 aliphatic rings. The Hall–Kier alpha value is -1.69. The Labute approximate surface area is 62.0 Å². The Bertz CT molecular complexity index is 275. The number of nitrogen functional groups attached to an aromatic ring is 1. The summed E-state index contributed by atoms with van der Waals surface area (Å²) in [4.78, 5) is 10.3. The first kappa shape index (κ1) is 7.42. The standard InChI is InChI=1S/C5H6N4O2/c6-8-4-1-3(5(10)11)2-7-9-4/h1-2H,6H2,(H,8,9)(H,10,11). The molecular weight excluding hydrogens is 148 g/mol. The van der Waals surface area contributed by atoms with Crippen LogP contribution in [0.5, 0.6) is 0 Å². The van der Waals surface area contributed by atoms with Gasteiger partial charge < -0.3 is 10.5 Å². The highest BCUT2D eigenvalue weighted by Crippen LogP contribution is 2.01. The first-order valence-electron chi connectivity index (χ1n) is 2.76. The maximum Gasteiger partial charge on any atom is 0.337 e. The zero-order valence-electron chi connectivity index (χ0n) is 5.48. The average molecular weight is 154 g/mol. The van der Waals surface area contributed by atoms with E-state index >= 15 is 0 Å². The van der Waals surface area contributed by atoms with E-state index in [1.807, 2.05) is 0 Å². The summed E-state index contributed by atoms with van der Waals surface area (Å²) in [5.74, 6) is 4.14. The second-order valence-electron chi connectivity index (χ2n) is 1.78. The van der Waals surface area contributed by atoms with Crippen LogP contribution in [0.4, 0.5) is 5.82 Å². The van der Waals surface area contributed by atoms with Crippen LogP contribution in [-0.2, 0) is 0 Å². The summed E-state index contributed by atoms with van der Waals surface area (Å²) < 4.78 is 0. The zero-order valence-corrected chi connectivity index (χ0v) is 5.48. The largest absolute Gasteiger partial charge is 0.478 e. The molecule has 0 bridgehead atoms. The molecule has 0 atom stereocenters. The molecule has 0 radical (unpaired) electrons. The van der Waals surface area contributed by atoms with Crippen LogP contribution in [0.25, 0.3) is 0 Å². The maximum absolute atomic E-state index is 10.3. The second-order valence-corrected chi connectivity index (χ2v) is 1.78. The monoisotopic (exact) mass is 154 g/mol. The molecule has 1 heterocycles. The number of anilines is 1. The topological polar surface area (TPSA) is 101 Å². The second kappa shape index (κ2) is 2.93. The summed E-state index contributed by atoms with van der Waals surface area (Å²) in [7, 11) is 0. The molecule has 0 amide bonds. The van der Waals surface area contributed by atoms with E-state index in [-0.39, 0.29) is 11.4 Å². The maximum atomic E-state index is 10.3.